The Labute approximate surface area is 192 Å². The Kier molecular flexibility index (Phi) is 6.28. The van der Waals surface area contributed by atoms with Gasteiger partial charge in [-0.25, -0.2) is 0 Å². The van der Waals surface area contributed by atoms with Gasteiger partial charge in [0.15, 0.2) is 0 Å². The molecular formula is C26H23ClN2O3. The molecule has 0 radical (unpaired) electrons. The summed E-state index contributed by atoms with van der Waals surface area (Å²) in [4.78, 5) is 28.1. The monoisotopic (exact) mass is 446 g/mol. The summed E-state index contributed by atoms with van der Waals surface area (Å²) < 4.78 is 5.51. The molecule has 162 valence electrons. The summed E-state index contributed by atoms with van der Waals surface area (Å²) in [5, 5.41) is 3.73. The van der Waals surface area contributed by atoms with E-state index in [2.05, 4.69) is 5.32 Å². The van der Waals surface area contributed by atoms with Gasteiger partial charge in [0.1, 0.15) is 11.4 Å². The third-order valence-corrected chi connectivity index (χ3v) is 5.50. The number of rotatable bonds is 7. The smallest absolute Gasteiger partial charge is 0.278 e. The second-order valence-electron chi connectivity index (χ2n) is 7.47. The van der Waals surface area contributed by atoms with Crippen molar-refractivity contribution in [3.63, 3.8) is 0 Å². The molecule has 4 rings (SSSR count). The normalized spacial score (nSPS) is 13.7. The second kappa shape index (κ2) is 9.28. The maximum absolute atomic E-state index is 13.4. The number of nitrogens with zero attached hydrogens (tertiary/aromatic N) is 1. The first kappa shape index (κ1) is 21.7. The Hall–Kier alpha value is -3.57. The number of aryl methyl sites for hydroxylation is 1. The number of amides is 2. The third-order valence-electron chi connectivity index (χ3n) is 5.26. The van der Waals surface area contributed by atoms with Gasteiger partial charge in [-0.2, -0.15) is 0 Å². The van der Waals surface area contributed by atoms with Gasteiger partial charge in [0.05, 0.1) is 18.7 Å². The Morgan fingerprint density at radius 2 is 1.66 bits per heavy atom. The lowest BCUT2D eigenvalue weighted by atomic mass is 10.0. The summed E-state index contributed by atoms with van der Waals surface area (Å²) in [5.41, 5.74) is 3.67. The fraction of sp³-hybridized carbons (Fsp3) is 0.154. The summed E-state index contributed by atoms with van der Waals surface area (Å²) in [6.45, 7) is 4.56. The number of imide groups is 1. The molecule has 0 aliphatic carbocycles. The van der Waals surface area contributed by atoms with Gasteiger partial charge in [-0.1, -0.05) is 60.1 Å². The first-order chi connectivity index (χ1) is 15.5. The van der Waals surface area contributed by atoms with Crippen molar-refractivity contribution < 1.29 is 14.3 Å². The molecule has 1 aliphatic rings. The summed E-state index contributed by atoms with van der Waals surface area (Å²) in [6.07, 6.45) is 0. The van der Waals surface area contributed by atoms with Crippen molar-refractivity contribution in [3.8, 4) is 5.75 Å². The lowest BCUT2D eigenvalue weighted by Crippen LogP contribution is -2.32. The second-order valence-corrected chi connectivity index (χ2v) is 7.91. The molecule has 0 fully saturated rings. The van der Waals surface area contributed by atoms with Crippen LogP contribution in [0, 0.1) is 6.92 Å². The standard InChI is InChI=1S/C26H23ClN2O3/c1-3-32-21-13-10-19(11-14-21)23-24(28-22-15-20(27)12-9-17(22)2)26(31)29(25(23)30)16-18-7-5-4-6-8-18/h4-15,28H,3,16H2,1-2H3. The van der Waals surface area contributed by atoms with Crippen molar-refractivity contribution in [2.75, 3.05) is 11.9 Å². The van der Waals surface area contributed by atoms with E-state index < -0.39 is 0 Å². The number of hydrogen-bond acceptors (Lipinski definition) is 4. The van der Waals surface area contributed by atoms with Crippen molar-refractivity contribution in [2.24, 2.45) is 0 Å². The number of ether oxygens (including phenoxy) is 1. The highest BCUT2D eigenvalue weighted by Gasteiger charge is 2.39. The van der Waals surface area contributed by atoms with Crippen LogP contribution < -0.4 is 10.1 Å². The number of nitrogens with one attached hydrogen (secondary N) is 1. The molecule has 0 aromatic heterocycles. The zero-order valence-corrected chi connectivity index (χ0v) is 18.6. The van der Waals surface area contributed by atoms with E-state index in [0.29, 0.717) is 34.2 Å². The minimum atomic E-state index is -0.373. The summed E-state index contributed by atoms with van der Waals surface area (Å²) >= 11 is 6.17. The first-order valence-electron chi connectivity index (χ1n) is 10.4. The molecule has 0 saturated carbocycles. The van der Waals surface area contributed by atoms with Crippen LogP contribution in [0.4, 0.5) is 5.69 Å². The number of carbonyl (C=O) groups is 2. The molecule has 3 aromatic rings. The molecule has 5 nitrogen and oxygen atoms in total. The lowest BCUT2D eigenvalue weighted by molar-refractivity contribution is -0.137. The van der Waals surface area contributed by atoms with Crippen molar-refractivity contribution in [2.45, 2.75) is 20.4 Å². The number of halogens is 1. The molecule has 0 spiro atoms. The number of hydrogen-bond donors (Lipinski definition) is 1. The predicted octanol–water partition coefficient (Wildman–Crippen LogP) is 5.44. The minimum Gasteiger partial charge on any atom is -0.494 e. The largest absolute Gasteiger partial charge is 0.494 e. The zero-order chi connectivity index (χ0) is 22.7. The average Bonchev–Trinajstić information content (AvgIpc) is 3.02. The molecule has 1 aliphatic heterocycles. The Balaban J connectivity index is 1.75. The number of anilines is 1. The van der Waals surface area contributed by atoms with E-state index in [1.165, 1.54) is 4.90 Å². The van der Waals surface area contributed by atoms with Crippen molar-refractivity contribution in [3.05, 3.63) is 100 Å². The maximum atomic E-state index is 13.4. The Morgan fingerprint density at radius 1 is 0.938 bits per heavy atom. The average molecular weight is 447 g/mol. The van der Waals surface area contributed by atoms with Crippen LogP contribution in [0.3, 0.4) is 0 Å². The molecule has 2 amide bonds. The zero-order valence-electron chi connectivity index (χ0n) is 17.9. The SMILES string of the molecule is CCOc1ccc(C2=C(Nc3cc(Cl)ccc3C)C(=O)N(Cc3ccccc3)C2=O)cc1. The van der Waals surface area contributed by atoms with E-state index in [1.54, 1.807) is 36.4 Å². The van der Waals surface area contributed by atoms with Gasteiger partial charge in [0.2, 0.25) is 0 Å². The molecule has 0 atom stereocenters. The maximum Gasteiger partial charge on any atom is 0.278 e. The van der Waals surface area contributed by atoms with E-state index in [4.69, 9.17) is 16.3 Å². The van der Waals surface area contributed by atoms with Crippen molar-refractivity contribution >= 4 is 34.7 Å². The third kappa shape index (κ3) is 4.39. The van der Waals surface area contributed by atoms with Crippen LogP contribution >= 0.6 is 11.6 Å². The van der Waals surface area contributed by atoms with Crippen LogP contribution in [-0.4, -0.2) is 23.3 Å². The number of benzene rings is 3. The quantitative estimate of drug-likeness (QED) is 0.491. The molecule has 0 saturated heterocycles. The van der Waals surface area contributed by atoms with E-state index in [1.807, 2.05) is 50.2 Å². The highest BCUT2D eigenvalue weighted by molar-refractivity contribution is 6.36. The minimum absolute atomic E-state index is 0.193. The molecule has 1 N–H and O–H groups in total. The van der Waals surface area contributed by atoms with Gasteiger partial charge in [0, 0.05) is 10.7 Å². The van der Waals surface area contributed by atoms with Crippen LogP contribution in [0.2, 0.25) is 5.02 Å². The molecule has 32 heavy (non-hydrogen) atoms. The van der Waals surface area contributed by atoms with Crippen LogP contribution in [0.5, 0.6) is 5.75 Å². The first-order valence-corrected chi connectivity index (χ1v) is 10.8. The van der Waals surface area contributed by atoms with E-state index >= 15 is 0 Å². The van der Waals surface area contributed by atoms with Gasteiger partial charge in [-0.3, -0.25) is 14.5 Å². The van der Waals surface area contributed by atoms with Crippen LogP contribution in [0.15, 0.2) is 78.5 Å². The van der Waals surface area contributed by atoms with Crippen LogP contribution in [0.1, 0.15) is 23.6 Å². The highest BCUT2D eigenvalue weighted by atomic mass is 35.5. The fourth-order valence-corrected chi connectivity index (χ4v) is 3.79. The summed E-state index contributed by atoms with van der Waals surface area (Å²) in [7, 11) is 0. The van der Waals surface area contributed by atoms with Gasteiger partial charge in [0.25, 0.3) is 11.8 Å². The Morgan fingerprint density at radius 3 is 2.34 bits per heavy atom. The van der Waals surface area contributed by atoms with Gasteiger partial charge < -0.3 is 10.1 Å². The molecule has 0 bridgehead atoms. The van der Waals surface area contributed by atoms with E-state index in [9.17, 15) is 9.59 Å². The van der Waals surface area contributed by atoms with E-state index in [0.717, 1.165) is 11.1 Å². The summed E-state index contributed by atoms with van der Waals surface area (Å²) in [6, 6.07) is 22.0. The van der Waals surface area contributed by atoms with E-state index in [-0.39, 0.29) is 24.1 Å². The lowest BCUT2D eigenvalue weighted by Gasteiger charge is -2.16. The van der Waals surface area contributed by atoms with Gasteiger partial charge in [-0.15, -0.1) is 0 Å². The predicted molar refractivity (Wildman–Crippen MR) is 126 cm³/mol. The van der Waals surface area contributed by atoms with Crippen LogP contribution in [-0.2, 0) is 16.1 Å². The fourth-order valence-electron chi connectivity index (χ4n) is 3.62. The topological polar surface area (TPSA) is 58.6 Å². The van der Waals surface area contributed by atoms with Crippen LogP contribution in [0.25, 0.3) is 5.57 Å². The molecule has 0 unspecified atom stereocenters. The van der Waals surface area contributed by atoms with Crippen molar-refractivity contribution in [1.82, 2.24) is 4.90 Å². The summed E-state index contributed by atoms with van der Waals surface area (Å²) in [5.74, 6) is -0.0118. The Bertz CT molecular complexity index is 1190. The van der Waals surface area contributed by atoms with Gasteiger partial charge >= 0.3 is 0 Å². The number of carbonyl (C=O) groups excluding carboxylic acids is 2. The van der Waals surface area contributed by atoms with Gasteiger partial charge in [-0.05, 0) is 54.8 Å². The molecule has 6 heteroatoms. The molecular weight excluding hydrogens is 424 g/mol. The molecule has 1 heterocycles. The molecule has 3 aromatic carbocycles. The highest BCUT2D eigenvalue weighted by Crippen LogP contribution is 2.33. The van der Waals surface area contributed by atoms with Crippen molar-refractivity contribution in [1.29, 1.82) is 0 Å².